The summed E-state index contributed by atoms with van der Waals surface area (Å²) in [6.07, 6.45) is 0. The number of rotatable bonds is 7. The van der Waals surface area contributed by atoms with E-state index in [4.69, 9.17) is 11.6 Å². The highest BCUT2D eigenvalue weighted by atomic mass is 35.5. The summed E-state index contributed by atoms with van der Waals surface area (Å²) in [4.78, 5) is 22.4. The number of nitrogens with one attached hydrogen (secondary N) is 1. The van der Waals surface area contributed by atoms with E-state index in [0.717, 1.165) is 5.56 Å². The van der Waals surface area contributed by atoms with Crippen LogP contribution in [0.3, 0.4) is 0 Å². The highest BCUT2D eigenvalue weighted by molar-refractivity contribution is 7.99. The molecule has 1 N–H and O–H groups in total. The Kier molecular flexibility index (Phi) is 6.45. The molecule has 1 aromatic heterocycles. The molecule has 29 heavy (non-hydrogen) atoms. The first kappa shape index (κ1) is 20.7. The molecule has 0 aliphatic heterocycles. The molecule has 0 unspecified atom stereocenters. The van der Waals surface area contributed by atoms with Crippen molar-refractivity contribution >= 4 is 40.6 Å². The number of nitro groups is 1. The third-order valence-corrected chi connectivity index (χ3v) is 5.18. The van der Waals surface area contributed by atoms with E-state index in [1.54, 1.807) is 12.1 Å². The first-order valence-electron chi connectivity index (χ1n) is 8.44. The normalized spacial score (nSPS) is 10.7. The average Bonchev–Trinajstić information content (AvgIpc) is 3.11. The summed E-state index contributed by atoms with van der Waals surface area (Å²) in [6.45, 7) is 2.48. The van der Waals surface area contributed by atoms with Crippen LogP contribution < -0.4 is 5.32 Å². The van der Waals surface area contributed by atoms with Crippen molar-refractivity contribution in [3.8, 4) is 11.4 Å². The monoisotopic (exact) mass is 435 g/mol. The molecule has 1 heterocycles. The van der Waals surface area contributed by atoms with E-state index in [2.05, 4.69) is 15.5 Å². The first-order valence-corrected chi connectivity index (χ1v) is 9.81. The molecule has 0 atom stereocenters. The van der Waals surface area contributed by atoms with Crippen molar-refractivity contribution in [3.63, 3.8) is 0 Å². The van der Waals surface area contributed by atoms with Gasteiger partial charge in [0.05, 0.1) is 21.4 Å². The number of carbonyl (C=O) groups excluding carboxylic acids is 1. The van der Waals surface area contributed by atoms with Gasteiger partial charge < -0.3 is 9.88 Å². The maximum Gasteiger partial charge on any atom is 0.271 e. The van der Waals surface area contributed by atoms with Gasteiger partial charge in [0.15, 0.2) is 11.0 Å². The molecule has 0 fully saturated rings. The Morgan fingerprint density at radius 3 is 2.62 bits per heavy atom. The number of anilines is 1. The van der Waals surface area contributed by atoms with Crippen LogP contribution >= 0.6 is 23.4 Å². The van der Waals surface area contributed by atoms with Gasteiger partial charge in [0.2, 0.25) is 5.91 Å². The number of thioether (sulfide) groups is 1. The number of nitro benzene ring substituents is 1. The summed E-state index contributed by atoms with van der Waals surface area (Å²) in [5.74, 6) is -0.0736. The number of hydrogen-bond donors (Lipinski definition) is 1. The molecule has 0 radical (unpaired) electrons. The summed E-state index contributed by atoms with van der Waals surface area (Å²) >= 11 is 7.17. The van der Waals surface area contributed by atoms with E-state index in [0.29, 0.717) is 17.5 Å². The van der Waals surface area contributed by atoms with Crippen molar-refractivity contribution < 1.29 is 14.1 Å². The van der Waals surface area contributed by atoms with Crippen molar-refractivity contribution in [2.24, 2.45) is 0 Å². The lowest BCUT2D eigenvalue weighted by Gasteiger charge is -2.08. The van der Waals surface area contributed by atoms with Gasteiger partial charge in [-0.2, -0.15) is 0 Å². The summed E-state index contributed by atoms with van der Waals surface area (Å²) in [5.41, 5.74) is 0.841. The predicted molar refractivity (Wildman–Crippen MR) is 109 cm³/mol. The smallest absolute Gasteiger partial charge is 0.271 e. The van der Waals surface area contributed by atoms with E-state index >= 15 is 0 Å². The SMILES string of the molecule is CCn1c(SCC(=O)Nc2ccc([N+](=O)[O-])cc2Cl)nnc1-c1ccc(F)cc1. The van der Waals surface area contributed by atoms with Crippen molar-refractivity contribution in [1.29, 1.82) is 0 Å². The Bertz CT molecular complexity index is 1060. The Balaban J connectivity index is 1.68. The standard InChI is InChI=1S/C18H15ClFN5O3S/c1-2-24-17(11-3-5-12(20)6-4-11)22-23-18(24)29-10-16(26)21-15-8-7-13(25(27)28)9-14(15)19/h3-9H,2,10H2,1H3,(H,21,26). The molecule has 11 heteroatoms. The molecule has 2 aromatic carbocycles. The van der Waals surface area contributed by atoms with Crippen molar-refractivity contribution in [2.45, 2.75) is 18.6 Å². The highest BCUT2D eigenvalue weighted by Gasteiger charge is 2.16. The van der Waals surface area contributed by atoms with Gasteiger partial charge in [-0.1, -0.05) is 23.4 Å². The maximum absolute atomic E-state index is 13.1. The Hall–Kier alpha value is -2.98. The topological polar surface area (TPSA) is 103 Å². The van der Waals surface area contributed by atoms with E-state index in [-0.39, 0.29) is 33.9 Å². The van der Waals surface area contributed by atoms with Gasteiger partial charge >= 0.3 is 0 Å². The minimum absolute atomic E-state index is 0.0366. The average molecular weight is 436 g/mol. The van der Waals surface area contributed by atoms with Crippen LogP contribution in [-0.2, 0) is 11.3 Å². The van der Waals surface area contributed by atoms with E-state index in [1.165, 1.54) is 42.1 Å². The van der Waals surface area contributed by atoms with E-state index in [1.807, 2.05) is 11.5 Å². The van der Waals surface area contributed by atoms with Crippen LogP contribution in [0.1, 0.15) is 6.92 Å². The van der Waals surface area contributed by atoms with Crippen LogP contribution in [0.15, 0.2) is 47.6 Å². The second-order valence-corrected chi connectivity index (χ2v) is 7.17. The molecule has 3 rings (SSSR count). The molecular weight excluding hydrogens is 421 g/mol. The molecule has 1 amide bonds. The minimum atomic E-state index is -0.566. The minimum Gasteiger partial charge on any atom is -0.324 e. The summed E-state index contributed by atoms with van der Waals surface area (Å²) in [5, 5.41) is 22.2. The van der Waals surface area contributed by atoms with Gasteiger partial charge in [-0.05, 0) is 37.3 Å². The zero-order valence-corrected chi connectivity index (χ0v) is 16.7. The number of aromatic nitrogens is 3. The zero-order valence-electron chi connectivity index (χ0n) is 15.1. The summed E-state index contributed by atoms with van der Waals surface area (Å²) in [6, 6.07) is 9.73. The van der Waals surface area contributed by atoms with Gasteiger partial charge in [-0.25, -0.2) is 4.39 Å². The van der Waals surface area contributed by atoms with E-state index < -0.39 is 4.92 Å². The molecule has 8 nitrogen and oxygen atoms in total. The van der Waals surface area contributed by atoms with Crippen molar-refractivity contribution in [1.82, 2.24) is 14.8 Å². The molecule has 0 saturated heterocycles. The fraction of sp³-hybridized carbons (Fsp3) is 0.167. The summed E-state index contributed by atoms with van der Waals surface area (Å²) < 4.78 is 15.0. The maximum atomic E-state index is 13.1. The van der Waals surface area contributed by atoms with Crippen LogP contribution in [0, 0.1) is 15.9 Å². The second kappa shape index (κ2) is 9.01. The number of benzene rings is 2. The number of nitrogens with zero attached hydrogens (tertiary/aromatic N) is 4. The Morgan fingerprint density at radius 2 is 2.00 bits per heavy atom. The van der Waals surface area contributed by atoms with Crippen LogP contribution in [0.4, 0.5) is 15.8 Å². The first-order chi connectivity index (χ1) is 13.9. The Morgan fingerprint density at radius 1 is 1.28 bits per heavy atom. The van der Waals surface area contributed by atoms with Crippen molar-refractivity contribution in [3.05, 3.63) is 63.4 Å². The van der Waals surface area contributed by atoms with Gasteiger partial charge in [-0.3, -0.25) is 14.9 Å². The molecule has 0 aliphatic rings. The predicted octanol–water partition coefficient (Wildman–Crippen LogP) is 4.40. The fourth-order valence-corrected chi connectivity index (χ4v) is 3.55. The molecular formula is C18H15ClFN5O3S. The van der Waals surface area contributed by atoms with Crippen LogP contribution in [0.25, 0.3) is 11.4 Å². The second-order valence-electron chi connectivity index (χ2n) is 5.82. The number of non-ortho nitro benzene ring substituents is 1. The summed E-state index contributed by atoms with van der Waals surface area (Å²) in [7, 11) is 0. The molecule has 3 aromatic rings. The lowest BCUT2D eigenvalue weighted by atomic mass is 10.2. The third kappa shape index (κ3) is 4.90. The number of amides is 1. The van der Waals surface area contributed by atoms with E-state index in [9.17, 15) is 19.3 Å². The molecule has 0 aliphatic carbocycles. The van der Waals surface area contributed by atoms with Crippen LogP contribution in [-0.4, -0.2) is 31.3 Å². The van der Waals surface area contributed by atoms with Crippen LogP contribution in [0.2, 0.25) is 5.02 Å². The number of halogens is 2. The quantitative estimate of drug-likeness (QED) is 0.335. The molecule has 0 bridgehead atoms. The van der Waals surface area contributed by atoms with Gasteiger partial charge in [0.25, 0.3) is 5.69 Å². The van der Waals surface area contributed by atoms with Gasteiger partial charge in [0.1, 0.15) is 5.82 Å². The van der Waals surface area contributed by atoms with Crippen LogP contribution in [0.5, 0.6) is 0 Å². The van der Waals surface area contributed by atoms with Gasteiger partial charge in [-0.15, -0.1) is 10.2 Å². The molecule has 0 spiro atoms. The largest absolute Gasteiger partial charge is 0.324 e. The highest BCUT2D eigenvalue weighted by Crippen LogP contribution is 2.28. The molecule has 150 valence electrons. The lowest BCUT2D eigenvalue weighted by molar-refractivity contribution is -0.384. The lowest BCUT2D eigenvalue weighted by Crippen LogP contribution is -2.15. The third-order valence-electron chi connectivity index (χ3n) is 3.91. The Labute approximate surface area is 174 Å². The fourth-order valence-electron chi connectivity index (χ4n) is 2.53. The molecule has 0 saturated carbocycles. The number of carbonyl (C=O) groups is 1. The zero-order chi connectivity index (χ0) is 21.0. The number of hydrogen-bond acceptors (Lipinski definition) is 6. The van der Waals surface area contributed by atoms with Crippen molar-refractivity contribution in [2.75, 3.05) is 11.1 Å². The van der Waals surface area contributed by atoms with Gasteiger partial charge in [0, 0.05) is 24.2 Å².